The largest absolute Gasteiger partial charge is 0.465 e. The van der Waals surface area contributed by atoms with Gasteiger partial charge in [-0.15, -0.1) is 6.42 Å². The molecule has 1 amide bonds. The number of H-pyrrole nitrogens is 2. The number of esters is 1. The molecule has 3 aromatic rings. The third kappa shape index (κ3) is 4.44. The fourth-order valence-corrected chi connectivity index (χ4v) is 5.10. The van der Waals surface area contributed by atoms with Crippen molar-refractivity contribution in [3.05, 3.63) is 38.7 Å². The van der Waals surface area contributed by atoms with Crippen LogP contribution in [0.15, 0.2) is 12.4 Å². The van der Waals surface area contributed by atoms with E-state index < -0.39 is 5.97 Å². The van der Waals surface area contributed by atoms with E-state index in [0.29, 0.717) is 51.8 Å². The molecular weight excluding hydrogens is 487 g/mol. The summed E-state index contributed by atoms with van der Waals surface area (Å²) in [7, 11) is 1.32. The van der Waals surface area contributed by atoms with Crippen molar-refractivity contribution in [3.63, 3.8) is 0 Å². The van der Waals surface area contributed by atoms with Crippen LogP contribution in [0.4, 0.5) is 5.13 Å². The maximum atomic E-state index is 12.8. The first-order valence-electron chi connectivity index (χ1n) is 9.98. The Morgan fingerprint density at radius 2 is 2.18 bits per heavy atom. The third-order valence-electron chi connectivity index (χ3n) is 5.40. The first-order valence-corrected chi connectivity index (χ1v) is 11.6. The topological polar surface area (TPSA) is 116 Å². The summed E-state index contributed by atoms with van der Waals surface area (Å²) in [6, 6.07) is -0.262. The molecule has 1 fully saturated rings. The average Bonchev–Trinajstić information content (AvgIpc) is 3.55. The van der Waals surface area contributed by atoms with Crippen molar-refractivity contribution in [1.82, 2.24) is 25.3 Å². The molecule has 4 heterocycles. The molecule has 33 heavy (non-hydrogen) atoms. The Hall–Kier alpha value is -3.00. The smallest absolute Gasteiger partial charge is 0.350 e. The van der Waals surface area contributed by atoms with Crippen LogP contribution in [-0.2, 0) is 4.74 Å². The Balaban J connectivity index is 1.52. The lowest BCUT2D eigenvalue weighted by Gasteiger charge is -2.36. The van der Waals surface area contributed by atoms with Crippen LogP contribution in [0.2, 0.25) is 10.0 Å². The Morgan fingerprint density at radius 1 is 1.39 bits per heavy atom. The van der Waals surface area contributed by atoms with Crippen molar-refractivity contribution in [1.29, 1.82) is 0 Å². The molecule has 1 aliphatic rings. The maximum Gasteiger partial charge on any atom is 0.350 e. The molecule has 1 aliphatic heterocycles. The quantitative estimate of drug-likeness (QED) is 0.360. The first kappa shape index (κ1) is 23.2. The molecule has 0 spiro atoms. The summed E-state index contributed by atoms with van der Waals surface area (Å²) in [4.78, 5) is 42.1. The fraction of sp³-hybridized carbons (Fsp3) is 0.333. The summed E-state index contributed by atoms with van der Waals surface area (Å²) in [6.45, 7) is 2.76. The predicted molar refractivity (Wildman–Crippen MR) is 127 cm³/mol. The van der Waals surface area contributed by atoms with Gasteiger partial charge in [0.05, 0.1) is 23.1 Å². The monoisotopic (exact) mass is 506 g/mol. The van der Waals surface area contributed by atoms with Crippen molar-refractivity contribution in [3.8, 4) is 23.9 Å². The second-order valence-electron chi connectivity index (χ2n) is 7.44. The highest BCUT2D eigenvalue weighted by atomic mass is 35.5. The van der Waals surface area contributed by atoms with E-state index in [9.17, 15) is 9.59 Å². The lowest BCUT2D eigenvalue weighted by Crippen LogP contribution is -2.50. The minimum Gasteiger partial charge on any atom is -0.465 e. The Bertz CT molecular complexity index is 1230. The van der Waals surface area contributed by atoms with E-state index in [2.05, 4.69) is 31.2 Å². The Morgan fingerprint density at radius 3 is 2.79 bits per heavy atom. The minimum absolute atomic E-state index is 0.185. The highest BCUT2D eigenvalue weighted by Crippen LogP contribution is 2.35. The van der Waals surface area contributed by atoms with Gasteiger partial charge in [-0.25, -0.2) is 14.8 Å². The van der Waals surface area contributed by atoms with E-state index in [-0.39, 0.29) is 28.6 Å². The molecule has 0 radical (unpaired) electrons. The number of halogens is 2. The van der Waals surface area contributed by atoms with Crippen LogP contribution in [0.5, 0.6) is 0 Å². The predicted octanol–water partition coefficient (Wildman–Crippen LogP) is 3.52. The number of nitrogens with one attached hydrogen (secondary N) is 3. The van der Waals surface area contributed by atoms with Gasteiger partial charge in [0, 0.05) is 37.2 Å². The maximum absolute atomic E-state index is 12.8. The first-order chi connectivity index (χ1) is 15.8. The molecule has 0 bridgehead atoms. The lowest BCUT2D eigenvalue weighted by molar-refractivity contribution is 0.0606. The molecule has 1 saturated heterocycles. The van der Waals surface area contributed by atoms with Crippen LogP contribution < -0.4 is 10.2 Å². The number of carbonyl (C=O) groups is 2. The van der Waals surface area contributed by atoms with E-state index in [0.717, 1.165) is 0 Å². The van der Waals surface area contributed by atoms with Gasteiger partial charge in [-0.1, -0.05) is 40.5 Å². The zero-order chi connectivity index (χ0) is 23.7. The summed E-state index contributed by atoms with van der Waals surface area (Å²) in [6.07, 6.45) is 9.62. The summed E-state index contributed by atoms with van der Waals surface area (Å²) in [5.41, 5.74) is 1.25. The van der Waals surface area contributed by atoms with Gasteiger partial charge in [0.2, 0.25) is 0 Å². The SMILES string of the molecule is C#CC1CN(c2nc(-c3ncc[nH]3)c(C(=O)OC)s2)CC[C@H]1NC(=O)c1[nH]c(C)c(Cl)c1Cl. The molecule has 12 heteroatoms. The number of piperidine rings is 1. The zero-order valence-electron chi connectivity index (χ0n) is 17.7. The summed E-state index contributed by atoms with van der Waals surface area (Å²) in [5, 5.41) is 4.10. The fourth-order valence-electron chi connectivity index (χ4n) is 3.67. The molecule has 3 N–H and O–H groups in total. The molecule has 9 nitrogen and oxygen atoms in total. The van der Waals surface area contributed by atoms with Crippen molar-refractivity contribution in [2.45, 2.75) is 19.4 Å². The molecule has 0 saturated carbocycles. The molecular formula is C21H20Cl2N6O3S. The van der Waals surface area contributed by atoms with Crippen molar-refractivity contribution >= 4 is 51.5 Å². The average molecular weight is 507 g/mol. The number of imidazole rings is 1. The van der Waals surface area contributed by atoms with E-state index in [4.69, 9.17) is 34.4 Å². The van der Waals surface area contributed by atoms with E-state index in [1.165, 1.54) is 18.4 Å². The summed E-state index contributed by atoms with van der Waals surface area (Å²) in [5.74, 6) is 2.10. The van der Waals surface area contributed by atoms with E-state index >= 15 is 0 Å². The van der Waals surface area contributed by atoms with Crippen LogP contribution in [0.3, 0.4) is 0 Å². The van der Waals surface area contributed by atoms with Gasteiger partial charge in [-0.05, 0) is 13.3 Å². The Labute approximate surface area is 203 Å². The number of nitrogens with zero attached hydrogens (tertiary/aromatic N) is 3. The molecule has 4 rings (SSSR count). The highest BCUT2D eigenvalue weighted by Gasteiger charge is 2.33. The van der Waals surface area contributed by atoms with Crippen molar-refractivity contribution in [2.24, 2.45) is 5.92 Å². The minimum atomic E-state index is -0.488. The molecule has 172 valence electrons. The number of hydrogen-bond donors (Lipinski definition) is 3. The number of rotatable bonds is 5. The molecule has 2 atom stereocenters. The number of amides is 1. The van der Waals surface area contributed by atoms with Crippen molar-refractivity contribution in [2.75, 3.05) is 25.1 Å². The molecule has 1 unspecified atom stereocenters. The summed E-state index contributed by atoms with van der Waals surface area (Å²) >= 11 is 13.5. The van der Waals surface area contributed by atoms with Gasteiger partial charge < -0.3 is 24.9 Å². The van der Waals surface area contributed by atoms with Gasteiger partial charge in [0.25, 0.3) is 5.91 Å². The lowest BCUT2D eigenvalue weighted by atomic mass is 9.93. The standard InChI is InChI=1S/C21H20Cl2N6O3S/c1-4-11-9-29(8-5-12(11)27-19(30)15-14(23)13(22)10(2)26-15)21-28-16(18-24-6-7-25-18)17(33-21)20(31)32-3/h1,6-7,11-12,26H,5,8-9H2,2-3H3,(H,24,25)(H,27,30)/t11?,12-/m1/s1. The number of aromatic nitrogens is 4. The van der Waals surface area contributed by atoms with Gasteiger partial charge in [0.1, 0.15) is 16.3 Å². The number of methoxy groups -OCH3 is 1. The number of anilines is 1. The van der Waals surface area contributed by atoms with Gasteiger partial charge >= 0.3 is 5.97 Å². The van der Waals surface area contributed by atoms with Gasteiger partial charge in [0.15, 0.2) is 11.0 Å². The van der Waals surface area contributed by atoms with Crippen LogP contribution in [0.1, 0.15) is 32.3 Å². The number of terminal acetylenes is 1. The highest BCUT2D eigenvalue weighted by molar-refractivity contribution is 7.17. The number of hydrogen-bond acceptors (Lipinski definition) is 7. The van der Waals surface area contributed by atoms with Gasteiger partial charge in [-0.2, -0.15) is 0 Å². The van der Waals surface area contributed by atoms with Crippen LogP contribution in [0.25, 0.3) is 11.5 Å². The van der Waals surface area contributed by atoms with Crippen LogP contribution in [0, 0.1) is 25.2 Å². The Kier molecular flexibility index (Phi) is 6.65. The second-order valence-corrected chi connectivity index (χ2v) is 9.18. The van der Waals surface area contributed by atoms with Crippen molar-refractivity contribution < 1.29 is 14.3 Å². The number of aromatic amines is 2. The number of thiazole rings is 1. The molecule has 3 aromatic heterocycles. The number of ether oxygens (including phenoxy) is 1. The van der Waals surface area contributed by atoms with Gasteiger partial charge in [-0.3, -0.25) is 4.79 Å². The third-order valence-corrected chi connectivity index (χ3v) is 7.45. The normalized spacial score (nSPS) is 18.1. The van der Waals surface area contributed by atoms with Crippen LogP contribution >= 0.6 is 34.5 Å². The summed E-state index contributed by atoms with van der Waals surface area (Å²) < 4.78 is 4.91. The second kappa shape index (κ2) is 9.47. The molecule has 0 aliphatic carbocycles. The number of carbonyl (C=O) groups excluding carboxylic acids is 2. The zero-order valence-corrected chi connectivity index (χ0v) is 20.1. The van der Waals surface area contributed by atoms with E-state index in [1.54, 1.807) is 19.3 Å². The van der Waals surface area contributed by atoms with Crippen LogP contribution in [-0.4, -0.2) is 58.1 Å². The van der Waals surface area contributed by atoms with E-state index in [1.807, 2.05) is 4.90 Å². The number of aryl methyl sites for hydroxylation is 1. The molecule has 0 aromatic carbocycles.